The predicted octanol–water partition coefficient (Wildman–Crippen LogP) is 5.24. The van der Waals surface area contributed by atoms with E-state index in [0.29, 0.717) is 17.7 Å². The van der Waals surface area contributed by atoms with Gasteiger partial charge in [-0.05, 0) is 73.4 Å². The van der Waals surface area contributed by atoms with E-state index < -0.39 is 23.9 Å². The Labute approximate surface area is 205 Å². The predicted molar refractivity (Wildman–Crippen MR) is 134 cm³/mol. The summed E-state index contributed by atoms with van der Waals surface area (Å²) in [6.07, 6.45) is 2.02. The van der Waals surface area contributed by atoms with E-state index in [4.69, 9.17) is 4.74 Å². The van der Waals surface area contributed by atoms with Gasteiger partial charge < -0.3 is 9.64 Å². The third-order valence-corrected chi connectivity index (χ3v) is 6.64. The van der Waals surface area contributed by atoms with Crippen molar-refractivity contribution in [2.24, 2.45) is 0 Å². The average Bonchev–Trinajstić information content (AvgIpc) is 3.08. The van der Waals surface area contributed by atoms with Crippen molar-refractivity contribution in [1.29, 1.82) is 0 Å². The topological polar surface area (TPSA) is 66.9 Å². The molecule has 0 saturated carbocycles. The molecule has 6 nitrogen and oxygen atoms in total. The highest BCUT2D eigenvalue weighted by atomic mass is 16.5. The van der Waals surface area contributed by atoms with Gasteiger partial charge in [0.1, 0.15) is 11.8 Å². The Balaban J connectivity index is 1.53. The molecule has 2 aliphatic rings. The molecule has 2 atom stereocenters. The van der Waals surface area contributed by atoms with E-state index in [0.717, 1.165) is 45.9 Å². The van der Waals surface area contributed by atoms with Gasteiger partial charge >= 0.3 is 0 Å². The van der Waals surface area contributed by atoms with Crippen LogP contribution >= 0.6 is 0 Å². The highest BCUT2D eigenvalue weighted by molar-refractivity contribution is 6.24. The van der Waals surface area contributed by atoms with E-state index >= 15 is 0 Å². The van der Waals surface area contributed by atoms with E-state index in [-0.39, 0.29) is 5.91 Å². The van der Waals surface area contributed by atoms with Crippen LogP contribution in [0.1, 0.15) is 63.2 Å². The molecule has 0 aromatic heterocycles. The van der Waals surface area contributed by atoms with Gasteiger partial charge in [0.15, 0.2) is 0 Å². The molecule has 5 rings (SSSR count). The molecule has 0 bridgehead atoms. The van der Waals surface area contributed by atoms with Crippen molar-refractivity contribution < 1.29 is 19.1 Å². The van der Waals surface area contributed by atoms with Crippen molar-refractivity contribution >= 4 is 23.4 Å². The second kappa shape index (κ2) is 9.02. The zero-order valence-corrected chi connectivity index (χ0v) is 20.2. The van der Waals surface area contributed by atoms with Crippen LogP contribution in [0.25, 0.3) is 0 Å². The van der Waals surface area contributed by atoms with Crippen LogP contribution < -0.4 is 9.64 Å². The molecule has 3 aromatic rings. The average molecular weight is 469 g/mol. The Morgan fingerprint density at radius 3 is 1.94 bits per heavy atom. The fraction of sp³-hybridized carbons (Fsp3) is 0.276. The number of ether oxygens (including phenoxy) is 1. The molecule has 0 spiro atoms. The SMILES string of the molecule is CCCCOc1ccc([C@H]2[C@H](N3C(=O)c4ccccc4C3=O)C(=O)N2c2cc(C)cc(C)c2)cc1. The maximum Gasteiger partial charge on any atom is 0.262 e. The van der Waals surface area contributed by atoms with Crippen molar-refractivity contribution in [3.05, 3.63) is 94.5 Å². The number of carbonyl (C=O) groups excluding carboxylic acids is 3. The Morgan fingerprint density at radius 2 is 1.37 bits per heavy atom. The maximum atomic E-state index is 13.6. The first-order chi connectivity index (χ1) is 16.9. The number of aryl methyl sites for hydroxylation is 2. The summed E-state index contributed by atoms with van der Waals surface area (Å²) in [7, 11) is 0. The number of benzene rings is 3. The molecule has 0 aliphatic carbocycles. The van der Waals surface area contributed by atoms with Crippen LogP contribution in [-0.2, 0) is 4.79 Å². The van der Waals surface area contributed by atoms with Gasteiger partial charge in [0.05, 0.1) is 23.8 Å². The number of nitrogens with zero attached hydrogens (tertiary/aromatic N) is 2. The number of fused-ring (bicyclic) bond motifs is 1. The minimum atomic E-state index is -0.907. The van der Waals surface area contributed by atoms with Crippen LogP contribution in [0.5, 0.6) is 5.75 Å². The molecule has 0 unspecified atom stereocenters. The smallest absolute Gasteiger partial charge is 0.262 e. The lowest BCUT2D eigenvalue weighted by Crippen LogP contribution is -2.67. The number of hydrogen-bond acceptors (Lipinski definition) is 4. The molecular formula is C29H28N2O4. The van der Waals surface area contributed by atoms with E-state index in [1.807, 2.05) is 56.3 Å². The summed E-state index contributed by atoms with van der Waals surface area (Å²) < 4.78 is 5.80. The lowest BCUT2D eigenvalue weighted by molar-refractivity contribution is -0.130. The molecule has 35 heavy (non-hydrogen) atoms. The quantitative estimate of drug-likeness (QED) is 0.270. The van der Waals surface area contributed by atoms with E-state index in [2.05, 4.69) is 6.92 Å². The van der Waals surface area contributed by atoms with Crippen LogP contribution in [0.3, 0.4) is 0 Å². The first-order valence-corrected chi connectivity index (χ1v) is 12.0. The van der Waals surface area contributed by atoms with Crippen molar-refractivity contribution in [2.75, 3.05) is 11.5 Å². The lowest BCUT2D eigenvalue weighted by Gasteiger charge is -2.50. The second-order valence-electron chi connectivity index (χ2n) is 9.24. The first kappa shape index (κ1) is 22.8. The molecule has 1 saturated heterocycles. The number of β-lactam (4-membered cyclic amide) rings is 1. The molecule has 3 aromatic carbocycles. The van der Waals surface area contributed by atoms with Gasteiger partial charge in [-0.15, -0.1) is 0 Å². The van der Waals surface area contributed by atoms with Crippen LogP contribution in [0.15, 0.2) is 66.7 Å². The fourth-order valence-corrected chi connectivity index (χ4v) is 4.99. The Bertz CT molecular complexity index is 1260. The molecule has 178 valence electrons. The molecule has 2 heterocycles. The number of carbonyl (C=O) groups is 3. The van der Waals surface area contributed by atoms with Crippen molar-refractivity contribution in [3.8, 4) is 5.75 Å². The van der Waals surface area contributed by atoms with Crippen molar-refractivity contribution in [3.63, 3.8) is 0 Å². The number of hydrogen-bond donors (Lipinski definition) is 0. The molecule has 0 N–H and O–H groups in total. The van der Waals surface area contributed by atoms with Gasteiger partial charge in [-0.2, -0.15) is 0 Å². The van der Waals surface area contributed by atoms with Crippen LogP contribution in [0.4, 0.5) is 5.69 Å². The molecule has 6 heteroatoms. The highest BCUT2D eigenvalue weighted by Crippen LogP contribution is 2.44. The summed E-state index contributed by atoms with van der Waals surface area (Å²) in [5.74, 6) is -0.358. The number of rotatable bonds is 7. The minimum Gasteiger partial charge on any atom is -0.494 e. The van der Waals surface area contributed by atoms with E-state index in [9.17, 15) is 14.4 Å². The fourth-order valence-electron chi connectivity index (χ4n) is 4.99. The summed E-state index contributed by atoms with van der Waals surface area (Å²) in [5.41, 5.74) is 4.36. The zero-order chi connectivity index (χ0) is 24.7. The molecular weight excluding hydrogens is 440 g/mol. The Kier molecular flexibility index (Phi) is 5.89. The summed E-state index contributed by atoms with van der Waals surface area (Å²) in [5, 5.41) is 0. The monoisotopic (exact) mass is 468 g/mol. The third kappa shape index (κ3) is 3.89. The summed E-state index contributed by atoms with van der Waals surface area (Å²) in [6, 6.07) is 18.9. The highest BCUT2D eigenvalue weighted by Gasteiger charge is 2.57. The molecule has 2 aliphatic heterocycles. The van der Waals surface area contributed by atoms with Gasteiger partial charge in [0.25, 0.3) is 17.7 Å². The molecule has 3 amide bonds. The maximum absolute atomic E-state index is 13.6. The molecule has 1 fully saturated rings. The van der Waals surface area contributed by atoms with Crippen molar-refractivity contribution in [2.45, 2.75) is 45.7 Å². The van der Waals surface area contributed by atoms with Gasteiger partial charge in [-0.1, -0.05) is 43.7 Å². The van der Waals surface area contributed by atoms with Gasteiger partial charge in [0, 0.05) is 5.69 Å². The van der Waals surface area contributed by atoms with Gasteiger partial charge in [0.2, 0.25) is 0 Å². The standard InChI is InChI=1S/C29H28N2O4/c1-4-5-14-35-22-12-10-20(11-13-22)25-26(29(34)30(25)21-16-18(2)15-19(3)17-21)31-27(32)23-8-6-7-9-24(23)28(31)33/h6-13,15-17,25-26H,4-5,14H2,1-3H3/t25-,26-/m0/s1. The Hall–Kier alpha value is -3.93. The number of imide groups is 1. The summed E-state index contributed by atoms with van der Waals surface area (Å²) in [4.78, 5) is 42.9. The number of anilines is 1. The van der Waals surface area contributed by atoms with Crippen LogP contribution in [-0.4, -0.2) is 35.3 Å². The second-order valence-corrected chi connectivity index (χ2v) is 9.24. The minimum absolute atomic E-state index is 0.266. The Morgan fingerprint density at radius 1 is 0.771 bits per heavy atom. The van der Waals surface area contributed by atoms with Crippen molar-refractivity contribution in [1.82, 2.24) is 4.90 Å². The third-order valence-electron chi connectivity index (χ3n) is 6.64. The normalized spacial score (nSPS) is 19.1. The lowest BCUT2D eigenvalue weighted by atomic mass is 9.86. The largest absolute Gasteiger partial charge is 0.494 e. The number of unbranched alkanes of at least 4 members (excludes halogenated alkanes) is 1. The van der Waals surface area contributed by atoms with E-state index in [1.54, 1.807) is 29.2 Å². The van der Waals surface area contributed by atoms with Crippen LogP contribution in [0.2, 0.25) is 0 Å². The van der Waals surface area contributed by atoms with E-state index in [1.165, 1.54) is 0 Å². The van der Waals surface area contributed by atoms with Crippen LogP contribution in [0, 0.1) is 13.8 Å². The van der Waals surface area contributed by atoms with Gasteiger partial charge in [-0.3, -0.25) is 19.3 Å². The summed E-state index contributed by atoms with van der Waals surface area (Å²) >= 11 is 0. The zero-order valence-electron chi connectivity index (χ0n) is 20.2. The summed E-state index contributed by atoms with van der Waals surface area (Å²) in [6.45, 7) is 6.73. The molecule has 0 radical (unpaired) electrons. The number of amides is 3. The first-order valence-electron chi connectivity index (χ1n) is 12.0. The van der Waals surface area contributed by atoms with Gasteiger partial charge in [-0.25, -0.2) is 0 Å².